The molecular formula is C43H68FNO14S. The average molecular weight is 874 g/mol. The molecule has 1 aliphatic carbocycles. The summed E-state index contributed by atoms with van der Waals surface area (Å²) in [7, 11) is -0.842. The van der Waals surface area contributed by atoms with Gasteiger partial charge in [0.15, 0.2) is 0 Å². The standard InChI is InChI=1S/C43H68FNO14S/c1-10-30-18-24(2)17-25(3)19-36(55-8)39-37(56-9)21-27(5)43(51,58-39)40(48)41(49)45-16-12-11-13-31(45)42(50)57-38(28(6)32(46)23-33(30)47)26(4)20-29-14-15-34(35(22-29)54-7)59-60(44,52)53/h18,20,25,27-32,34-39,46,51H,10-17,19,21-23H2,1-9H3/b24-18+,26-20?/t25-,27+,28+,29-,30?,31-,32?,34-,35+,36?,37-,38+,39+,43+/m0/s1. The van der Waals surface area contributed by atoms with Gasteiger partial charge >= 0.3 is 16.5 Å². The van der Waals surface area contributed by atoms with Crippen molar-refractivity contribution in [3.05, 3.63) is 23.3 Å². The molecule has 3 unspecified atom stereocenters. The second-order valence-electron chi connectivity index (χ2n) is 17.6. The fourth-order valence-electron chi connectivity index (χ4n) is 9.63. The molecule has 60 heavy (non-hydrogen) atoms. The number of ketones is 2. The normalized spacial score (nSPS) is 39.9. The van der Waals surface area contributed by atoms with Crippen LogP contribution in [0.3, 0.4) is 0 Å². The number of amides is 1. The number of ether oxygens (including phenoxy) is 5. The van der Waals surface area contributed by atoms with Gasteiger partial charge in [-0.05, 0) is 95.5 Å². The molecule has 17 heteroatoms. The highest BCUT2D eigenvalue weighted by Gasteiger charge is 2.56. The second-order valence-corrected chi connectivity index (χ2v) is 18.6. The molecule has 3 heterocycles. The molecule has 0 aromatic heterocycles. The van der Waals surface area contributed by atoms with Gasteiger partial charge in [-0.15, -0.1) is 0 Å². The van der Waals surface area contributed by atoms with Gasteiger partial charge in [0.25, 0.3) is 11.7 Å². The number of halogens is 1. The third kappa shape index (κ3) is 12.3. The van der Waals surface area contributed by atoms with Gasteiger partial charge in [0.1, 0.15) is 30.1 Å². The highest BCUT2D eigenvalue weighted by Crippen LogP contribution is 2.39. The number of cyclic esters (lactones) is 1. The lowest BCUT2D eigenvalue weighted by Crippen LogP contribution is -2.64. The van der Waals surface area contributed by atoms with Crippen LogP contribution < -0.4 is 0 Å². The van der Waals surface area contributed by atoms with Gasteiger partial charge in [-0.1, -0.05) is 49.3 Å². The molecule has 4 aliphatic rings. The van der Waals surface area contributed by atoms with Gasteiger partial charge in [0.2, 0.25) is 5.79 Å². The smallest absolute Gasteiger partial charge is 0.437 e. The first-order chi connectivity index (χ1) is 28.2. The predicted octanol–water partition coefficient (Wildman–Crippen LogP) is 4.71. The number of carbonyl (C=O) groups is 4. The average Bonchev–Trinajstić information content (AvgIpc) is 3.20. The van der Waals surface area contributed by atoms with Crippen LogP contribution in [0, 0.1) is 29.6 Å². The van der Waals surface area contributed by atoms with Crippen LogP contribution in [0.4, 0.5) is 3.89 Å². The Labute approximate surface area is 355 Å². The van der Waals surface area contributed by atoms with Crippen LogP contribution in [0.25, 0.3) is 0 Å². The molecule has 1 amide bonds. The number of hydrogen-bond donors (Lipinski definition) is 2. The Balaban J connectivity index is 1.75. The van der Waals surface area contributed by atoms with Crippen molar-refractivity contribution in [1.82, 2.24) is 4.90 Å². The van der Waals surface area contributed by atoms with Gasteiger partial charge in [0.05, 0.1) is 24.4 Å². The number of aliphatic hydroxyl groups is 2. The van der Waals surface area contributed by atoms with Gasteiger partial charge in [0, 0.05) is 52.0 Å². The van der Waals surface area contributed by atoms with Crippen LogP contribution in [0.1, 0.15) is 112 Å². The number of piperidine rings is 1. The lowest BCUT2D eigenvalue weighted by Gasteiger charge is -2.47. The van der Waals surface area contributed by atoms with E-state index in [-0.39, 0.29) is 56.3 Å². The Morgan fingerprint density at radius 3 is 2.22 bits per heavy atom. The summed E-state index contributed by atoms with van der Waals surface area (Å²) in [6, 6.07) is -1.21. The Kier molecular flexibility index (Phi) is 18.0. The third-order valence-corrected chi connectivity index (χ3v) is 13.6. The summed E-state index contributed by atoms with van der Waals surface area (Å²) in [5, 5.41) is 23.7. The molecule has 0 aromatic rings. The van der Waals surface area contributed by atoms with E-state index in [1.165, 1.54) is 21.3 Å². The van der Waals surface area contributed by atoms with Crippen molar-refractivity contribution < 1.29 is 69.6 Å². The van der Waals surface area contributed by atoms with Crippen molar-refractivity contribution in [2.75, 3.05) is 27.9 Å². The zero-order valence-electron chi connectivity index (χ0n) is 36.7. The molecule has 2 bridgehead atoms. The SMILES string of the molecule is CCC1/C=C(\C)C[C@H](C)CC(OC)[C@H]2O[C@@](O)(C(=O)C(=O)N3CCCC[C@H]3C(=O)O[C@H](C(C)=C[C@@H]3CC[C@H](OS(=O)(=O)F)[C@H](OC)C3)[C@H](C)C(O)CC1=O)[C@H](C)C[C@@H]2OC. The van der Waals surface area contributed by atoms with Gasteiger partial charge in [-0.2, -0.15) is 8.42 Å². The van der Waals surface area contributed by atoms with E-state index in [9.17, 15) is 41.7 Å². The van der Waals surface area contributed by atoms with Crippen molar-refractivity contribution in [3.63, 3.8) is 0 Å². The number of fused-ring (bicyclic) bond motifs is 3. The highest BCUT2D eigenvalue weighted by atomic mass is 32.3. The summed E-state index contributed by atoms with van der Waals surface area (Å²) < 4.78 is 70.2. The molecule has 3 aliphatic heterocycles. The van der Waals surface area contributed by atoms with Gasteiger partial charge in [-0.25, -0.2) is 8.98 Å². The van der Waals surface area contributed by atoms with Crippen molar-refractivity contribution in [1.29, 1.82) is 0 Å². The third-order valence-electron chi connectivity index (χ3n) is 13.1. The van der Waals surface area contributed by atoms with Gasteiger partial charge in [-0.3, -0.25) is 14.4 Å². The van der Waals surface area contributed by atoms with Crippen LogP contribution in [-0.4, -0.2) is 129 Å². The number of nitrogens with zero attached hydrogens (tertiary/aromatic N) is 1. The van der Waals surface area contributed by atoms with Crippen LogP contribution in [0.15, 0.2) is 23.3 Å². The maximum Gasteiger partial charge on any atom is 0.437 e. The lowest BCUT2D eigenvalue weighted by molar-refractivity contribution is -0.302. The Morgan fingerprint density at radius 1 is 0.950 bits per heavy atom. The van der Waals surface area contributed by atoms with Crippen molar-refractivity contribution in [2.24, 2.45) is 29.6 Å². The fraction of sp³-hybridized carbons (Fsp3) is 0.814. The highest BCUT2D eigenvalue weighted by molar-refractivity contribution is 7.81. The fourth-order valence-corrected chi connectivity index (χ4v) is 10.1. The molecule has 342 valence electrons. The van der Waals surface area contributed by atoms with Crippen molar-refractivity contribution in [2.45, 2.75) is 167 Å². The molecule has 15 nitrogen and oxygen atoms in total. The van der Waals surface area contributed by atoms with Gasteiger partial charge < -0.3 is 38.8 Å². The van der Waals surface area contributed by atoms with E-state index >= 15 is 0 Å². The first-order valence-electron chi connectivity index (χ1n) is 21.4. The first kappa shape index (κ1) is 50.0. The minimum absolute atomic E-state index is 0.00400. The molecule has 3 fully saturated rings. The van der Waals surface area contributed by atoms with E-state index in [1.54, 1.807) is 20.8 Å². The molecule has 0 radical (unpaired) electrons. The number of aliphatic hydroxyl groups excluding tert-OH is 1. The van der Waals surface area contributed by atoms with E-state index < -0.39 is 100 Å². The summed E-state index contributed by atoms with van der Waals surface area (Å²) in [5.41, 5.74) is 1.47. The number of rotatable bonds is 8. The van der Waals surface area contributed by atoms with E-state index in [2.05, 4.69) is 4.18 Å². The summed E-state index contributed by atoms with van der Waals surface area (Å²) in [4.78, 5) is 57.8. The number of esters is 1. The molecule has 0 aromatic carbocycles. The summed E-state index contributed by atoms with van der Waals surface area (Å²) in [6.45, 7) is 10.9. The number of allylic oxidation sites excluding steroid dienone is 3. The monoisotopic (exact) mass is 873 g/mol. The quantitative estimate of drug-likeness (QED) is 0.147. The first-order valence-corrected chi connectivity index (χ1v) is 22.7. The van der Waals surface area contributed by atoms with E-state index in [0.717, 1.165) is 10.5 Å². The van der Waals surface area contributed by atoms with E-state index in [1.807, 2.05) is 32.9 Å². The number of carbonyl (C=O) groups excluding carboxylic acids is 4. The van der Waals surface area contributed by atoms with Crippen LogP contribution in [-0.2, 0) is 57.5 Å². The topological polar surface area (TPSA) is 201 Å². The minimum Gasteiger partial charge on any atom is -0.456 e. The molecule has 2 saturated heterocycles. The number of hydrogen-bond acceptors (Lipinski definition) is 14. The maximum atomic E-state index is 14.3. The predicted molar refractivity (Wildman–Crippen MR) is 217 cm³/mol. The summed E-state index contributed by atoms with van der Waals surface area (Å²) >= 11 is 0. The largest absolute Gasteiger partial charge is 0.456 e. The lowest BCUT2D eigenvalue weighted by atomic mass is 9.81. The van der Waals surface area contributed by atoms with E-state index in [0.29, 0.717) is 44.1 Å². The van der Waals surface area contributed by atoms with Crippen molar-refractivity contribution >= 4 is 33.9 Å². The molecule has 1 saturated carbocycles. The Bertz CT molecular complexity index is 1690. The van der Waals surface area contributed by atoms with Crippen LogP contribution >= 0.6 is 0 Å². The Hall–Kier alpha value is -2.64. The van der Waals surface area contributed by atoms with Crippen LogP contribution in [0.2, 0.25) is 0 Å². The zero-order chi connectivity index (χ0) is 44.7. The second kappa shape index (κ2) is 21.6. The molecule has 4 rings (SSSR count). The molecule has 14 atom stereocenters. The molecule has 0 spiro atoms. The molecule has 2 N–H and O–H groups in total. The number of Topliss-reactive ketones (excluding diaryl/α,β-unsaturated/α-hetero) is 2. The maximum absolute atomic E-state index is 14.3. The van der Waals surface area contributed by atoms with E-state index in [4.69, 9.17) is 23.7 Å². The number of methoxy groups -OCH3 is 3. The van der Waals surface area contributed by atoms with Crippen LogP contribution in [0.5, 0.6) is 0 Å². The van der Waals surface area contributed by atoms with Crippen molar-refractivity contribution in [3.8, 4) is 0 Å². The molecular weight excluding hydrogens is 806 g/mol. The summed E-state index contributed by atoms with van der Waals surface area (Å²) in [5.74, 6) is -8.32. The zero-order valence-corrected chi connectivity index (χ0v) is 37.5. The Morgan fingerprint density at radius 2 is 1.60 bits per heavy atom. The summed E-state index contributed by atoms with van der Waals surface area (Å²) in [6.07, 6.45) is 0.875. The minimum atomic E-state index is -5.22.